The number of ether oxygens (including phenoxy) is 2. The first kappa shape index (κ1) is 18.3. The van der Waals surface area contributed by atoms with Crippen LogP contribution in [0.15, 0.2) is 18.2 Å². The van der Waals surface area contributed by atoms with E-state index in [1.165, 1.54) is 7.11 Å². The van der Waals surface area contributed by atoms with Gasteiger partial charge in [0.25, 0.3) is 0 Å². The molecule has 0 radical (unpaired) electrons. The quantitative estimate of drug-likeness (QED) is 0.782. The summed E-state index contributed by atoms with van der Waals surface area (Å²) in [6, 6.07) is 5.12. The number of esters is 1. The molecule has 0 bridgehead atoms. The number of amides is 1. The first-order valence-corrected chi connectivity index (χ1v) is 7.52. The molecule has 0 atom stereocenters. The second kappa shape index (κ2) is 8.03. The second-order valence-corrected chi connectivity index (χ2v) is 5.37. The summed E-state index contributed by atoms with van der Waals surface area (Å²) in [5, 5.41) is 3.23. The smallest absolute Gasteiger partial charge is 0.331 e. The molecule has 1 aromatic carbocycles. The number of carbonyl (C=O) groups is 2. The molecule has 0 heterocycles. The number of benzene rings is 1. The first-order chi connectivity index (χ1) is 10.4. The van der Waals surface area contributed by atoms with Crippen LogP contribution >= 0.6 is 11.6 Å². The Hall–Kier alpha value is -1.75. The Kier molecular flexibility index (Phi) is 6.68. The van der Waals surface area contributed by atoms with E-state index in [1.54, 1.807) is 25.3 Å². The normalized spacial score (nSPS) is 11.0. The minimum Gasteiger partial charge on any atom is -0.497 e. The lowest BCUT2D eigenvalue weighted by Gasteiger charge is -2.29. The number of hydrogen-bond donors (Lipinski definition) is 1. The fourth-order valence-electron chi connectivity index (χ4n) is 2.24. The van der Waals surface area contributed by atoms with Crippen LogP contribution in [0.3, 0.4) is 0 Å². The second-order valence-electron chi connectivity index (χ2n) is 4.96. The molecule has 1 amide bonds. The first-order valence-electron chi connectivity index (χ1n) is 7.14. The van der Waals surface area contributed by atoms with Gasteiger partial charge in [0, 0.05) is 5.02 Å². The molecule has 0 aliphatic rings. The number of halogens is 1. The van der Waals surface area contributed by atoms with E-state index in [9.17, 15) is 9.59 Å². The van der Waals surface area contributed by atoms with Gasteiger partial charge in [-0.25, -0.2) is 4.79 Å². The molecule has 0 fully saturated rings. The molecule has 0 aliphatic heterocycles. The predicted octanol–water partition coefficient (Wildman–Crippen LogP) is 2.74. The molecule has 0 saturated heterocycles. The van der Waals surface area contributed by atoms with Gasteiger partial charge in [-0.1, -0.05) is 31.5 Å². The highest BCUT2D eigenvalue weighted by atomic mass is 35.5. The van der Waals surface area contributed by atoms with Gasteiger partial charge in [-0.2, -0.15) is 0 Å². The van der Waals surface area contributed by atoms with E-state index in [-0.39, 0.29) is 12.3 Å². The zero-order valence-electron chi connectivity index (χ0n) is 13.4. The lowest BCUT2D eigenvalue weighted by molar-refractivity contribution is -0.151. The van der Waals surface area contributed by atoms with Crippen molar-refractivity contribution in [1.82, 2.24) is 5.32 Å². The van der Waals surface area contributed by atoms with Crippen LogP contribution in [0.1, 0.15) is 32.3 Å². The molecule has 6 heteroatoms. The molecule has 1 rings (SSSR count). The topological polar surface area (TPSA) is 64.6 Å². The van der Waals surface area contributed by atoms with Gasteiger partial charge < -0.3 is 14.8 Å². The van der Waals surface area contributed by atoms with Crippen molar-refractivity contribution in [2.75, 3.05) is 14.2 Å². The summed E-state index contributed by atoms with van der Waals surface area (Å²) >= 11 is 6.13. The highest BCUT2D eigenvalue weighted by Gasteiger charge is 2.37. The Balaban J connectivity index is 2.86. The van der Waals surface area contributed by atoms with E-state index < -0.39 is 11.5 Å². The Labute approximate surface area is 135 Å². The van der Waals surface area contributed by atoms with Crippen molar-refractivity contribution in [3.05, 3.63) is 28.8 Å². The van der Waals surface area contributed by atoms with Gasteiger partial charge in [-0.05, 0) is 30.5 Å². The van der Waals surface area contributed by atoms with Gasteiger partial charge in [0.2, 0.25) is 5.91 Å². The van der Waals surface area contributed by atoms with Crippen LogP contribution in [0.5, 0.6) is 5.75 Å². The van der Waals surface area contributed by atoms with Crippen molar-refractivity contribution in [3.8, 4) is 5.75 Å². The summed E-state index contributed by atoms with van der Waals surface area (Å²) in [6.45, 7) is 3.67. The minimum atomic E-state index is -0.995. The molecule has 0 aromatic heterocycles. The number of methoxy groups -OCH3 is 2. The van der Waals surface area contributed by atoms with Crippen LogP contribution in [0.25, 0.3) is 0 Å². The minimum absolute atomic E-state index is 0.0849. The van der Waals surface area contributed by atoms with E-state index >= 15 is 0 Å². The molecule has 0 unspecified atom stereocenters. The van der Waals surface area contributed by atoms with Crippen molar-refractivity contribution in [2.45, 2.75) is 38.6 Å². The standard InChI is InChI=1S/C16H22ClNO4/c1-5-16(6-2,15(20)22-4)18-14(19)9-11-7-8-12(21-3)10-13(11)17/h7-8,10H,5-6,9H2,1-4H3,(H,18,19). The Morgan fingerprint density at radius 3 is 2.32 bits per heavy atom. The Bertz CT molecular complexity index is 541. The van der Waals surface area contributed by atoms with Gasteiger partial charge >= 0.3 is 5.97 Å². The number of nitrogens with one attached hydrogen (secondary N) is 1. The van der Waals surface area contributed by atoms with E-state index in [0.717, 1.165) is 0 Å². The maximum absolute atomic E-state index is 12.3. The third kappa shape index (κ3) is 4.13. The van der Waals surface area contributed by atoms with Crippen LogP contribution in [-0.4, -0.2) is 31.6 Å². The Morgan fingerprint density at radius 2 is 1.86 bits per heavy atom. The molecule has 0 aliphatic carbocycles. The van der Waals surface area contributed by atoms with Crippen LogP contribution < -0.4 is 10.1 Å². The highest BCUT2D eigenvalue weighted by molar-refractivity contribution is 6.31. The van der Waals surface area contributed by atoms with Crippen LogP contribution in [-0.2, 0) is 20.7 Å². The molecule has 1 aromatic rings. The average Bonchev–Trinajstić information content (AvgIpc) is 2.53. The lowest BCUT2D eigenvalue weighted by atomic mass is 9.92. The van der Waals surface area contributed by atoms with Gasteiger partial charge in [0.1, 0.15) is 11.3 Å². The maximum Gasteiger partial charge on any atom is 0.331 e. The van der Waals surface area contributed by atoms with Crippen molar-refractivity contribution in [3.63, 3.8) is 0 Å². The van der Waals surface area contributed by atoms with E-state index in [0.29, 0.717) is 29.2 Å². The summed E-state index contributed by atoms with van der Waals surface area (Å²) in [5.41, 5.74) is -0.323. The lowest BCUT2D eigenvalue weighted by Crippen LogP contribution is -2.54. The van der Waals surface area contributed by atoms with Crippen molar-refractivity contribution in [1.29, 1.82) is 0 Å². The van der Waals surface area contributed by atoms with E-state index in [2.05, 4.69) is 5.32 Å². The van der Waals surface area contributed by atoms with Gasteiger partial charge in [-0.3, -0.25) is 4.79 Å². The Morgan fingerprint density at radius 1 is 1.23 bits per heavy atom. The summed E-state index contributed by atoms with van der Waals surface area (Å²) in [5.74, 6) is -0.0898. The summed E-state index contributed by atoms with van der Waals surface area (Å²) in [7, 11) is 2.86. The fraction of sp³-hybridized carbons (Fsp3) is 0.500. The molecule has 1 N–H and O–H groups in total. The van der Waals surface area contributed by atoms with Crippen LogP contribution in [0.2, 0.25) is 5.02 Å². The number of rotatable bonds is 7. The van der Waals surface area contributed by atoms with E-state index in [1.807, 2.05) is 13.8 Å². The molecule has 5 nitrogen and oxygen atoms in total. The SMILES string of the molecule is CCC(CC)(NC(=O)Cc1ccc(OC)cc1Cl)C(=O)OC. The average molecular weight is 328 g/mol. The van der Waals surface area contributed by atoms with Crippen LogP contribution in [0.4, 0.5) is 0 Å². The predicted molar refractivity (Wildman–Crippen MR) is 85.2 cm³/mol. The van der Waals surface area contributed by atoms with Crippen molar-refractivity contribution in [2.24, 2.45) is 0 Å². The highest BCUT2D eigenvalue weighted by Crippen LogP contribution is 2.23. The molecule has 22 heavy (non-hydrogen) atoms. The third-order valence-electron chi connectivity index (χ3n) is 3.77. The summed E-state index contributed by atoms with van der Waals surface area (Å²) < 4.78 is 9.88. The monoisotopic (exact) mass is 327 g/mol. The third-order valence-corrected chi connectivity index (χ3v) is 4.13. The zero-order chi connectivity index (χ0) is 16.8. The van der Waals surface area contributed by atoms with Gasteiger partial charge in [0.15, 0.2) is 0 Å². The van der Waals surface area contributed by atoms with E-state index in [4.69, 9.17) is 21.1 Å². The molecule has 0 saturated carbocycles. The van der Waals surface area contributed by atoms with Crippen molar-refractivity contribution < 1.29 is 19.1 Å². The van der Waals surface area contributed by atoms with Gasteiger partial charge in [-0.15, -0.1) is 0 Å². The maximum atomic E-state index is 12.3. The zero-order valence-corrected chi connectivity index (χ0v) is 14.1. The number of hydrogen-bond acceptors (Lipinski definition) is 4. The largest absolute Gasteiger partial charge is 0.497 e. The van der Waals surface area contributed by atoms with Crippen LogP contribution in [0, 0.1) is 0 Å². The molecular formula is C16H22ClNO4. The number of carbonyl (C=O) groups excluding carboxylic acids is 2. The molecule has 0 spiro atoms. The van der Waals surface area contributed by atoms with Gasteiger partial charge in [0.05, 0.1) is 20.6 Å². The van der Waals surface area contributed by atoms with Crippen molar-refractivity contribution >= 4 is 23.5 Å². The fourth-order valence-corrected chi connectivity index (χ4v) is 2.48. The molecular weight excluding hydrogens is 306 g/mol. The summed E-state index contributed by atoms with van der Waals surface area (Å²) in [6.07, 6.45) is 0.998. The molecule has 122 valence electrons. The summed E-state index contributed by atoms with van der Waals surface area (Å²) in [4.78, 5) is 24.2.